The molecule has 0 saturated carbocycles. The first-order valence-corrected chi connectivity index (χ1v) is 10.6. The molecule has 29 heavy (non-hydrogen) atoms. The maximum absolute atomic E-state index is 12.5. The predicted octanol–water partition coefficient (Wildman–Crippen LogP) is -1.75. The summed E-state index contributed by atoms with van der Waals surface area (Å²) in [5, 5.41) is 3.66. The first kappa shape index (κ1) is 21.7. The molecule has 0 aliphatic carbocycles. The number of carbonyl (C=O) groups excluding carboxylic acids is 3. The lowest BCUT2D eigenvalue weighted by molar-refractivity contribution is -0.146. The zero-order chi connectivity index (χ0) is 21.3. The third kappa shape index (κ3) is 4.95. The summed E-state index contributed by atoms with van der Waals surface area (Å²) in [7, 11) is -1.47. The van der Waals surface area contributed by atoms with Crippen LogP contribution < -0.4 is 10.8 Å². The van der Waals surface area contributed by atoms with Crippen molar-refractivity contribution in [2.24, 2.45) is 0 Å². The number of carbonyl (C=O) groups is 3. The van der Waals surface area contributed by atoms with Gasteiger partial charge in [0.05, 0.1) is 18.2 Å². The summed E-state index contributed by atoms with van der Waals surface area (Å²) >= 11 is 0. The van der Waals surface area contributed by atoms with E-state index in [1.54, 1.807) is 14.1 Å². The van der Waals surface area contributed by atoms with Gasteiger partial charge in [-0.25, -0.2) is 10.3 Å². The van der Waals surface area contributed by atoms with Gasteiger partial charge in [-0.05, 0) is 25.7 Å². The van der Waals surface area contributed by atoms with E-state index >= 15 is 0 Å². The summed E-state index contributed by atoms with van der Waals surface area (Å²) in [6.07, 6.45) is 1.43. The SMILES string of the molecule is CN(C)C(=O)C1CCC(ONC(=O)[C@@H]2CC[C@@H]3CN2C(=O)N3OS(=O)(=O)O)CN1. The highest BCUT2D eigenvalue weighted by molar-refractivity contribution is 7.80. The van der Waals surface area contributed by atoms with Crippen molar-refractivity contribution >= 4 is 28.2 Å². The molecule has 3 N–H and O–H groups in total. The molecule has 0 aromatic carbocycles. The smallest absolute Gasteiger partial charge is 0.347 e. The number of hydrogen-bond donors (Lipinski definition) is 3. The number of hydroxylamine groups is 3. The molecule has 0 aromatic rings. The fraction of sp³-hybridized carbons (Fsp3) is 0.800. The van der Waals surface area contributed by atoms with Gasteiger partial charge in [0.15, 0.2) is 0 Å². The van der Waals surface area contributed by atoms with Crippen molar-refractivity contribution < 1.29 is 36.5 Å². The Morgan fingerprint density at radius 3 is 2.55 bits per heavy atom. The van der Waals surface area contributed by atoms with Gasteiger partial charge in [0.2, 0.25) is 5.91 Å². The van der Waals surface area contributed by atoms with Crippen LogP contribution in [0.3, 0.4) is 0 Å². The zero-order valence-corrected chi connectivity index (χ0v) is 16.9. The topological polar surface area (TPSA) is 158 Å². The fourth-order valence-corrected chi connectivity index (χ4v) is 4.16. The molecule has 3 aliphatic heterocycles. The standard InChI is InChI=1S/C15H25N5O8S/c1-18(2)14(22)11-5-4-10(7-16-11)27-17-13(21)12-6-3-9-8-19(12)15(23)20(9)28-29(24,25)26/h9-12,16H,3-8H2,1-2H3,(H,17,21)(H,24,25,26)/t9-,10?,11?,12+/m1/s1. The molecule has 0 aromatic heterocycles. The Labute approximate surface area is 168 Å². The van der Waals surface area contributed by atoms with Crippen LogP contribution in [0.2, 0.25) is 0 Å². The number of rotatable bonds is 6. The van der Waals surface area contributed by atoms with E-state index in [2.05, 4.69) is 15.1 Å². The van der Waals surface area contributed by atoms with E-state index < -0.39 is 34.4 Å². The Balaban J connectivity index is 1.49. The number of nitrogens with zero attached hydrogens (tertiary/aromatic N) is 3. The molecule has 0 spiro atoms. The van der Waals surface area contributed by atoms with E-state index in [1.165, 1.54) is 9.80 Å². The molecule has 3 rings (SSSR count). The van der Waals surface area contributed by atoms with Gasteiger partial charge < -0.3 is 15.1 Å². The molecule has 3 heterocycles. The molecular formula is C15H25N5O8S. The van der Waals surface area contributed by atoms with Crippen molar-refractivity contribution in [3.63, 3.8) is 0 Å². The van der Waals surface area contributed by atoms with E-state index in [0.717, 1.165) is 0 Å². The molecule has 3 aliphatic rings. The lowest BCUT2D eigenvalue weighted by Crippen LogP contribution is -2.53. The van der Waals surface area contributed by atoms with Gasteiger partial charge in [-0.15, -0.1) is 4.28 Å². The first-order chi connectivity index (χ1) is 13.6. The van der Waals surface area contributed by atoms with Crippen molar-refractivity contribution in [1.82, 2.24) is 25.7 Å². The molecule has 13 nitrogen and oxygen atoms in total. The van der Waals surface area contributed by atoms with Gasteiger partial charge in [0.1, 0.15) is 6.04 Å². The van der Waals surface area contributed by atoms with Crippen LogP contribution in [0.1, 0.15) is 25.7 Å². The molecule has 3 fully saturated rings. The van der Waals surface area contributed by atoms with Crippen LogP contribution in [-0.4, -0.2) is 97.1 Å². The Kier molecular flexibility index (Phi) is 6.28. The zero-order valence-electron chi connectivity index (χ0n) is 16.1. The summed E-state index contributed by atoms with van der Waals surface area (Å²) in [6, 6.07) is -2.50. The van der Waals surface area contributed by atoms with E-state index in [-0.39, 0.29) is 24.6 Å². The Morgan fingerprint density at radius 1 is 1.24 bits per heavy atom. The summed E-state index contributed by atoms with van der Waals surface area (Å²) in [6.45, 7) is 0.488. The quantitative estimate of drug-likeness (QED) is 0.325. The van der Waals surface area contributed by atoms with E-state index in [4.69, 9.17) is 9.39 Å². The van der Waals surface area contributed by atoms with Crippen LogP contribution in [0.4, 0.5) is 4.79 Å². The Hall–Kier alpha value is -2.00. The molecule has 4 atom stereocenters. The molecule has 3 saturated heterocycles. The van der Waals surface area contributed by atoms with Gasteiger partial charge >= 0.3 is 16.4 Å². The number of nitrogens with one attached hydrogen (secondary N) is 2. The Bertz CT molecular complexity index is 767. The van der Waals surface area contributed by atoms with Gasteiger partial charge in [-0.2, -0.15) is 13.5 Å². The van der Waals surface area contributed by atoms with Gasteiger partial charge in [-0.3, -0.25) is 19.0 Å². The van der Waals surface area contributed by atoms with Crippen molar-refractivity contribution in [2.75, 3.05) is 27.2 Å². The van der Waals surface area contributed by atoms with Crippen molar-refractivity contribution in [3.05, 3.63) is 0 Å². The normalized spacial score (nSPS) is 29.7. The van der Waals surface area contributed by atoms with Crippen molar-refractivity contribution in [3.8, 4) is 0 Å². The maximum Gasteiger partial charge on any atom is 0.418 e. The molecule has 14 heteroatoms. The van der Waals surface area contributed by atoms with Crippen molar-refractivity contribution in [1.29, 1.82) is 0 Å². The summed E-state index contributed by atoms with van der Waals surface area (Å²) < 4.78 is 35.0. The second-order valence-electron chi connectivity index (χ2n) is 7.49. The van der Waals surface area contributed by atoms with E-state index in [1.807, 2.05) is 0 Å². The number of fused-ring (bicyclic) bond motifs is 2. The molecule has 0 radical (unpaired) electrons. The molecule has 2 bridgehead atoms. The minimum Gasteiger partial charge on any atom is -0.347 e. The van der Waals surface area contributed by atoms with Gasteiger partial charge in [-0.1, -0.05) is 0 Å². The van der Waals surface area contributed by atoms with E-state index in [9.17, 15) is 22.8 Å². The number of piperidine rings is 2. The molecule has 4 amide bonds. The number of hydrogen-bond acceptors (Lipinski definition) is 8. The number of urea groups is 1. The third-order valence-corrected chi connectivity index (χ3v) is 5.58. The van der Waals surface area contributed by atoms with Crippen LogP contribution in [0.15, 0.2) is 0 Å². The summed E-state index contributed by atoms with van der Waals surface area (Å²) in [5.74, 6) is -0.551. The monoisotopic (exact) mass is 435 g/mol. The largest absolute Gasteiger partial charge is 0.418 e. The summed E-state index contributed by atoms with van der Waals surface area (Å²) in [5.41, 5.74) is 2.36. The number of likely N-dealkylation sites (N-methyl/N-ethyl adjacent to an activating group) is 1. The second kappa shape index (κ2) is 8.39. The van der Waals surface area contributed by atoms with Crippen LogP contribution in [0.25, 0.3) is 0 Å². The van der Waals surface area contributed by atoms with E-state index in [0.29, 0.717) is 37.3 Å². The highest BCUT2D eigenvalue weighted by atomic mass is 32.3. The van der Waals surface area contributed by atoms with Crippen LogP contribution >= 0.6 is 0 Å². The average Bonchev–Trinajstić information content (AvgIpc) is 2.89. The minimum atomic E-state index is -4.84. The minimum absolute atomic E-state index is 0.0199. The molecule has 2 unspecified atom stereocenters. The fourth-order valence-electron chi connectivity index (χ4n) is 3.77. The average molecular weight is 435 g/mol. The number of amides is 4. The lowest BCUT2D eigenvalue weighted by atomic mass is 10.0. The van der Waals surface area contributed by atoms with Crippen LogP contribution in [0, 0.1) is 0 Å². The van der Waals surface area contributed by atoms with Crippen molar-refractivity contribution in [2.45, 2.75) is 49.9 Å². The lowest BCUT2D eigenvalue weighted by Gasteiger charge is -2.32. The maximum atomic E-state index is 12.5. The van der Waals surface area contributed by atoms with Gasteiger partial charge in [0.25, 0.3) is 5.91 Å². The summed E-state index contributed by atoms with van der Waals surface area (Å²) in [4.78, 5) is 44.9. The molecule has 164 valence electrons. The Morgan fingerprint density at radius 2 is 1.97 bits per heavy atom. The highest BCUT2D eigenvalue weighted by Gasteiger charge is 2.49. The third-order valence-electron chi connectivity index (χ3n) is 5.23. The molecular weight excluding hydrogens is 410 g/mol. The predicted molar refractivity (Wildman–Crippen MR) is 96.1 cm³/mol. The van der Waals surface area contributed by atoms with Crippen LogP contribution in [-0.2, 0) is 29.1 Å². The van der Waals surface area contributed by atoms with Gasteiger partial charge in [0, 0.05) is 27.2 Å². The second-order valence-corrected chi connectivity index (χ2v) is 8.49. The highest BCUT2D eigenvalue weighted by Crippen LogP contribution is 2.30. The van der Waals surface area contributed by atoms with Crippen LogP contribution in [0.5, 0.6) is 0 Å². The first-order valence-electron chi connectivity index (χ1n) is 9.23.